The molecule has 0 aromatic carbocycles. The highest BCUT2D eigenvalue weighted by molar-refractivity contribution is 9.09. The zero-order chi connectivity index (χ0) is 7.98. The summed E-state index contributed by atoms with van der Waals surface area (Å²) in [4.78, 5) is 0.549. The molecule has 1 nitrogen and oxygen atoms in total. The van der Waals surface area contributed by atoms with Crippen molar-refractivity contribution < 1.29 is 4.58 Å². The van der Waals surface area contributed by atoms with E-state index in [-0.39, 0.29) is 0 Å². The molecule has 0 aromatic heterocycles. The van der Waals surface area contributed by atoms with Gasteiger partial charge in [-0.3, -0.25) is 0 Å². The zero-order valence-corrected chi connectivity index (χ0v) is 8.69. The van der Waals surface area contributed by atoms with Crippen LogP contribution in [0.2, 0.25) is 0 Å². The molecule has 0 radical (unpaired) electrons. The Morgan fingerprint density at radius 1 is 1.30 bits per heavy atom. The average Bonchev–Trinajstić information content (AvgIpc) is 1.99. The average molecular weight is 207 g/mol. The molecule has 0 saturated carbocycles. The van der Waals surface area contributed by atoms with Crippen molar-refractivity contribution in [1.82, 2.24) is 0 Å². The summed E-state index contributed by atoms with van der Waals surface area (Å²) in [6.45, 7) is 8.75. The van der Waals surface area contributed by atoms with Crippen LogP contribution in [0.25, 0.3) is 0 Å². The van der Waals surface area contributed by atoms with Gasteiger partial charge in [0, 0.05) is 0 Å². The molecule has 0 aliphatic carbocycles. The summed E-state index contributed by atoms with van der Waals surface area (Å²) in [6, 6.07) is 0. The van der Waals surface area contributed by atoms with Crippen molar-refractivity contribution in [2.24, 2.45) is 0 Å². The second-order valence-electron chi connectivity index (χ2n) is 2.29. The normalized spacial score (nSPS) is 12.8. The highest BCUT2D eigenvalue weighted by Gasteiger charge is 2.02. The van der Waals surface area contributed by atoms with Gasteiger partial charge < -0.3 is 0 Å². The van der Waals surface area contributed by atoms with Gasteiger partial charge in [0.25, 0.3) is 0 Å². The van der Waals surface area contributed by atoms with E-state index in [1.54, 1.807) is 0 Å². The van der Waals surface area contributed by atoms with E-state index in [4.69, 9.17) is 0 Å². The molecule has 10 heavy (non-hydrogen) atoms. The van der Waals surface area contributed by atoms with Gasteiger partial charge in [-0.15, -0.1) is 0 Å². The predicted octanol–water partition coefficient (Wildman–Crippen LogP) is 2.28. The summed E-state index contributed by atoms with van der Waals surface area (Å²) in [6.07, 6.45) is 3.41. The van der Waals surface area contributed by atoms with E-state index in [1.807, 2.05) is 0 Å². The number of nitrogens with zero attached hydrogens (tertiary/aromatic N) is 1. The summed E-state index contributed by atoms with van der Waals surface area (Å²) in [7, 11) is 0. The lowest BCUT2D eigenvalue weighted by Gasteiger charge is -1.99. The minimum Gasteiger partial charge on any atom is -0.239 e. The van der Waals surface area contributed by atoms with Crippen LogP contribution in [-0.4, -0.2) is 28.7 Å². The molecule has 2 heteroatoms. The summed E-state index contributed by atoms with van der Waals surface area (Å²) in [5, 5.41) is 0. The van der Waals surface area contributed by atoms with E-state index >= 15 is 0 Å². The van der Waals surface area contributed by atoms with Crippen molar-refractivity contribution in [2.75, 3.05) is 13.1 Å². The molecular weight excluding hydrogens is 190 g/mol. The maximum Gasteiger partial charge on any atom is 0.153 e. The lowest BCUT2D eigenvalue weighted by Crippen LogP contribution is -2.16. The van der Waals surface area contributed by atoms with Crippen LogP contribution in [0.5, 0.6) is 0 Å². The van der Waals surface area contributed by atoms with Gasteiger partial charge in [0.15, 0.2) is 6.21 Å². The zero-order valence-electron chi connectivity index (χ0n) is 7.10. The maximum absolute atomic E-state index is 3.56. The van der Waals surface area contributed by atoms with Crippen LogP contribution in [0.3, 0.4) is 0 Å². The van der Waals surface area contributed by atoms with Gasteiger partial charge in [0.1, 0.15) is 13.1 Å². The van der Waals surface area contributed by atoms with E-state index < -0.39 is 0 Å². The van der Waals surface area contributed by atoms with Crippen molar-refractivity contribution in [3.63, 3.8) is 0 Å². The van der Waals surface area contributed by atoms with Crippen LogP contribution >= 0.6 is 15.9 Å². The molecule has 0 rings (SSSR count). The van der Waals surface area contributed by atoms with Crippen molar-refractivity contribution >= 4 is 22.1 Å². The lowest BCUT2D eigenvalue weighted by molar-refractivity contribution is -0.516. The first-order chi connectivity index (χ1) is 4.74. The van der Waals surface area contributed by atoms with E-state index in [0.29, 0.717) is 4.83 Å². The highest BCUT2D eigenvalue weighted by Crippen LogP contribution is 1.99. The Kier molecular flexibility index (Phi) is 5.99. The first kappa shape index (κ1) is 10.2. The van der Waals surface area contributed by atoms with E-state index in [0.717, 1.165) is 19.5 Å². The maximum atomic E-state index is 3.56. The lowest BCUT2D eigenvalue weighted by atomic mass is 10.3. The quantitative estimate of drug-likeness (QED) is 0.378. The second kappa shape index (κ2) is 5.90. The van der Waals surface area contributed by atoms with Crippen LogP contribution in [0.1, 0.15) is 27.2 Å². The predicted molar refractivity (Wildman–Crippen MR) is 50.4 cm³/mol. The third kappa shape index (κ3) is 4.04. The summed E-state index contributed by atoms with van der Waals surface area (Å²) < 4.78 is 2.31. The van der Waals surface area contributed by atoms with E-state index in [1.165, 1.54) is 0 Å². The van der Waals surface area contributed by atoms with Gasteiger partial charge >= 0.3 is 0 Å². The largest absolute Gasteiger partial charge is 0.239 e. The van der Waals surface area contributed by atoms with Crippen LogP contribution in [0.15, 0.2) is 0 Å². The molecule has 0 bridgehead atoms. The molecule has 0 spiro atoms. The monoisotopic (exact) mass is 206 g/mol. The molecule has 1 atom stereocenters. The molecule has 0 aliphatic heterocycles. The fraction of sp³-hybridized carbons (Fsp3) is 0.875. The fourth-order valence-electron chi connectivity index (χ4n) is 0.769. The van der Waals surface area contributed by atoms with Crippen molar-refractivity contribution in [2.45, 2.75) is 32.0 Å². The molecule has 0 aromatic rings. The second-order valence-corrected chi connectivity index (χ2v) is 3.47. The molecule has 1 unspecified atom stereocenters. The minimum atomic E-state index is 0.549. The summed E-state index contributed by atoms with van der Waals surface area (Å²) in [5.74, 6) is 0. The Hall–Kier alpha value is 0.150. The topological polar surface area (TPSA) is 3.01 Å². The van der Waals surface area contributed by atoms with Gasteiger partial charge in [-0.05, 0) is 20.3 Å². The third-order valence-electron chi connectivity index (χ3n) is 1.57. The SMILES string of the molecule is CCC(Br)C=[N+](CC)CC. The Bertz CT molecular complexity index is 104. The molecule has 60 valence electrons. The Balaban J connectivity index is 3.83. The smallest absolute Gasteiger partial charge is 0.153 e. The molecule has 0 fully saturated rings. The van der Waals surface area contributed by atoms with Gasteiger partial charge in [-0.25, -0.2) is 4.58 Å². The summed E-state index contributed by atoms with van der Waals surface area (Å²) in [5.41, 5.74) is 0. The first-order valence-corrected chi connectivity index (χ1v) is 4.89. The van der Waals surface area contributed by atoms with Gasteiger partial charge in [0.2, 0.25) is 0 Å². The standard InChI is InChI=1S/C8H17BrN/c1-4-8(9)7-10(5-2)6-3/h7-8H,4-6H2,1-3H3/q+1. The van der Waals surface area contributed by atoms with Crippen molar-refractivity contribution in [3.05, 3.63) is 0 Å². The Morgan fingerprint density at radius 3 is 2.10 bits per heavy atom. The number of hydrogen-bond donors (Lipinski definition) is 0. The number of halogens is 1. The fourth-order valence-corrected chi connectivity index (χ4v) is 1.10. The highest BCUT2D eigenvalue weighted by atomic mass is 79.9. The van der Waals surface area contributed by atoms with E-state index in [9.17, 15) is 0 Å². The van der Waals surface area contributed by atoms with Crippen molar-refractivity contribution in [3.8, 4) is 0 Å². The van der Waals surface area contributed by atoms with Gasteiger partial charge in [0.05, 0.1) is 4.83 Å². The molecular formula is C8H17BrN+. The minimum absolute atomic E-state index is 0.549. The van der Waals surface area contributed by atoms with Crippen LogP contribution in [0, 0.1) is 0 Å². The van der Waals surface area contributed by atoms with Gasteiger partial charge in [-0.2, -0.15) is 0 Å². The molecule has 0 heterocycles. The molecule has 0 amide bonds. The molecule has 0 N–H and O–H groups in total. The Morgan fingerprint density at radius 2 is 1.80 bits per heavy atom. The number of alkyl halides is 1. The van der Waals surface area contributed by atoms with Gasteiger partial charge in [-0.1, -0.05) is 22.9 Å². The number of rotatable bonds is 4. The van der Waals surface area contributed by atoms with E-state index in [2.05, 4.69) is 47.5 Å². The number of hydrogen-bond acceptors (Lipinski definition) is 0. The van der Waals surface area contributed by atoms with Crippen molar-refractivity contribution in [1.29, 1.82) is 0 Å². The van der Waals surface area contributed by atoms with Crippen LogP contribution < -0.4 is 0 Å². The molecule has 0 saturated heterocycles. The summed E-state index contributed by atoms with van der Waals surface area (Å²) >= 11 is 3.56. The Labute approximate surface area is 72.3 Å². The first-order valence-electron chi connectivity index (χ1n) is 3.97. The van der Waals surface area contributed by atoms with Crippen LogP contribution in [0.4, 0.5) is 0 Å². The molecule has 0 aliphatic rings. The third-order valence-corrected chi connectivity index (χ3v) is 2.46. The van der Waals surface area contributed by atoms with Crippen LogP contribution in [-0.2, 0) is 0 Å².